The molecule has 0 aliphatic carbocycles. The standard InChI is InChI=1S/C15H14N2O3S2/c1-3-10-16-14-13(15(20)17(10)7-11(18)19)12(8(2)22-14)9-5-4-6-21-9/h4-6H,3,7H2,1-2H3,(H,18,19). The van der Waals surface area contributed by atoms with Gasteiger partial charge in [-0.1, -0.05) is 13.0 Å². The summed E-state index contributed by atoms with van der Waals surface area (Å²) < 4.78 is 1.27. The van der Waals surface area contributed by atoms with Gasteiger partial charge in [-0.3, -0.25) is 14.2 Å². The van der Waals surface area contributed by atoms with E-state index in [1.54, 1.807) is 11.3 Å². The molecule has 3 heterocycles. The topological polar surface area (TPSA) is 72.2 Å². The summed E-state index contributed by atoms with van der Waals surface area (Å²) in [6.45, 7) is 3.48. The van der Waals surface area contributed by atoms with E-state index in [-0.39, 0.29) is 12.1 Å². The van der Waals surface area contributed by atoms with E-state index in [1.165, 1.54) is 15.9 Å². The van der Waals surface area contributed by atoms with Crippen LogP contribution in [-0.2, 0) is 17.8 Å². The lowest BCUT2D eigenvalue weighted by molar-refractivity contribution is -0.137. The van der Waals surface area contributed by atoms with E-state index in [9.17, 15) is 9.59 Å². The van der Waals surface area contributed by atoms with Gasteiger partial charge in [0.2, 0.25) is 0 Å². The Balaban J connectivity index is 2.38. The van der Waals surface area contributed by atoms with Crippen LogP contribution in [0.2, 0.25) is 0 Å². The molecule has 0 radical (unpaired) electrons. The van der Waals surface area contributed by atoms with Crippen LogP contribution >= 0.6 is 22.7 Å². The maximum Gasteiger partial charge on any atom is 0.323 e. The molecule has 0 saturated heterocycles. The number of thiophene rings is 2. The first-order chi connectivity index (χ1) is 10.5. The number of aryl methyl sites for hydroxylation is 2. The number of rotatable bonds is 4. The molecule has 0 unspecified atom stereocenters. The van der Waals surface area contributed by atoms with Crippen molar-refractivity contribution in [2.24, 2.45) is 0 Å². The summed E-state index contributed by atoms with van der Waals surface area (Å²) in [4.78, 5) is 31.1. The molecule has 7 heteroatoms. The normalized spacial score (nSPS) is 11.2. The summed E-state index contributed by atoms with van der Waals surface area (Å²) in [6.07, 6.45) is 0.518. The number of fused-ring (bicyclic) bond motifs is 1. The Morgan fingerprint density at radius 2 is 2.23 bits per heavy atom. The molecule has 22 heavy (non-hydrogen) atoms. The van der Waals surface area contributed by atoms with Gasteiger partial charge < -0.3 is 5.11 Å². The van der Waals surface area contributed by atoms with Gasteiger partial charge in [-0.2, -0.15) is 0 Å². The minimum atomic E-state index is -1.04. The van der Waals surface area contributed by atoms with Gasteiger partial charge in [0.1, 0.15) is 17.2 Å². The highest BCUT2D eigenvalue weighted by Crippen LogP contribution is 2.37. The van der Waals surface area contributed by atoms with E-state index in [4.69, 9.17) is 5.11 Å². The molecule has 0 amide bonds. The van der Waals surface area contributed by atoms with E-state index in [2.05, 4.69) is 4.98 Å². The third-order valence-electron chi connectivity index (χ3n) is 3.44. The lowest BCUT2D eigenvalue weighted by atomic mass is 10.1. The van der Waals surface area contributed by atoms with E-state index in [1.807, 2.05) is 31.4 Å². The molecule has 3 rings (SSSR count). The van der Waals surface area contributed by atoms with Gasteiger partial charge in [0.15, 0.2) is 0 Å². The van der Waals surface area contributed by atoms with Crippen LogP contribution in [0.5, 0.6) is 0 Å². The Morgan fingerprint density at radius 3 is 2.82 bits per heavy atom. The molecule has 0 bridgehead atoms. The first kappa shape index (κ1) is 14.9. The van der Waals surface area contributed by atoms with Crippen LogP contribution in [0.3, 0.4) is 0 Å². The van der Waals surface area contributed by atoms with Gasteiger partial charge in [-0.25, -0.2) is 4.98 Å². The molecule has 0 spiro atoms. The highest BCUT2D eigenvalue weighted by molar-refractivity contribution is 7.20. The van der Waals surface area contributed by atoms with Crippen molar-refractivity contribution in [2.45, 2.75) is 26.8 Å². The van der Waals surface area contributed by atoms with E-state index < -0.39 is 5.97 Å². The second kappa shape index (κ2) is 5.66. The van der Waals surface area contributed by atoms with Gasteiger partial charge in [0, 0.05) is 21.7 Å². The predicted molar refractivity (Wildman–Crippen MR) is 88.9 cm³/mol. The monoisotopic (exact) mass is 334 g/mol. The fourth-order valence-electron chi connectivity index (χ4n) is 2.52. The Bertz CT molecular complexity index is 907. The fraction of sp³-hybridized carbons (Fsp3) is 0.267. The van der Waals surface area contributed by atoms with E-state index in [0.717, 1.165) is 15.3 Å². The highest BCUT2D eigenvalue weighted by atomic mass is 32.1. The number of hydrogen-bond donors (Lipinski definition) is 1. The van der Waals surface area contributed by atoms with Crippen LogP contribution in [0.25, 0.3) is 20.7 Å². The minimum Gasteiger partial charge on any atom is -0.480 e. The Labute approximate surface area is 134 Å². The van der Waals surface area contributed by atoms with Gasteiger partial charge in [-0.05, 0) is 18.4 Å². The Hall–Kier alpha value is -1.99. The Kier molecular flexibility index (Phi) is 3.84. The molecule has 0 aromatic carbocycles. The number of carbonyl (C=O) groups is 1. The average Bonchev–Trinajstić information content (AvgIpc) is 3.08. The summed E-state index contributed by atoms with van der Waals surface area (Å²) in [5, 5.41) is 11.6. The fourth-order valence-corrected chi connectivity index (χ4v) is 4.47. The minimum absolute atomic E-state index is 0.267. The lowest BCUT2D eigenvalue weighted by Gasteiger charge is -2.09. The summed E-state index contributed by atoms with van der Waals surface area (Å²) in [5.41, 5.74) is 0.617. The molecule has 5 nitrogen and oxygen atoms in total. The second-order valence-corrected chi connectivity index (χ2v) is 7.01. The maximum absolute atomic E-state index is 12.8. The molecule has 114 valence electrons. The first-order valence-electron chi connectivity index (χ1n) is 6.81. The van der Waals surface area contributed by atoms with Crippen LogP contribution < -0.4 is 5.56 Å². The van der Waals surface area contributed by atoms with Gasteiger partial charge in [0.05, 0.1) is 5.39 Å². The van der Waals surface area contributed by atoms with Crippen molar-refractivity contribution in [3.8, 4) is 10.4 Å². The van der Waals surface area contributed by atoms with Crippen LogP contribution in [0.1, 0.15) is 17.6 Å². The Morgan fingerprint density at radius 1 is 1.45 bits per heavy atom. The summed E-state index contributed by atoms with van der Waals surface area (Å²) in [7, 11) is 0. The van der Waals surface area contributed by atoms with E-state index in [0.29, 0.717) is 22.5 Å². The SMILES string of the molecule is CCc1nc2sc(C)c(-c3cccs3)c2c(=O)n1CC(=O)O. The molecular weight excluding hydrogens is 320 g/mol. The zero-order valence-electron chi connectivity index (χ0n) is 12.1. The largest absolute Gasteiger partial charge is 0.480 e. The molecule has 3 aromatic heterocycles. The third kappa shape index (κ3) is 2.36. The van der Waals surface area contributed by atoms with Gasteiger partial charge in [-0.15, -0.1) is 22.7 Å². The molecule has 0 aliphatic rings. The molecule has 3 aromatic rings. The molecule has 1 N–H and O–H groups in total. The van der Waals surface area contributed by atoms with Crippen LogP contribution in [0, 0.1) is 6.92 Å². The lowest BCUT2D eigenvalue weighted by Crippen LogP contribution is -2.28. The highest BCUT2D eigenvalue weighted by Gasteiger charge is 2.20. The number of hydrogen-bond acceptors (Lipinski definition) is 5. The number of nitrogens with zero attached hydrogens (tertiary/aromatic N) is 2. The first-order valence-corrected chi connectivity index (χ1v) is 8.51. The van der Waals surface area contributed by atoms with Crippen molar-refractivity contribution >= 4 is 38.9 Å². The van der Waals surface area contributed by atoms with Crippen molar-refractivity contribution in [3.05, 3.63) is 38.6 Å². The summed E-state index contributed by atoms with van der Waals surface area (Å²) in [6, 6.07) is 3.90. The van der Waals surface area contributed by atoms with Crippen LogP contribution in [0.15, 0.2) is 22.3 Å². The molecular formula is C15H14N2O3S2. The van der Waals surface area contributed by atoms with Crippen LogP contribution in [-0.4, -0.2) is 20.6 Å². The quantitative estimate of drug-likeness (QED) is 0.795. The molecule has 0 atom stereocenters. The van der Waals surface area contributed by atoms with Crippen molar-refractivity contribution in [2.75, 3.05) is 0 Å². The van der Waals surface area contributed by atoms with Gasteiger partial charge >= 0.3 is 5.97 Å². The number of aromatic nitrogens is 2. The van der Waals surface area contributed by atoms with Crippen molar-refractivity contribution < 1.29 is 9.90 Å². The third-order valence-corrected chi connectivity index (χ3v) is 5.33. The number of carboxylic acid groups (broad SMARTS) is 1. The summed E-state index contributed by atoms with van der Waals surface area (Å²) in [5.74, 6) is -0.526. The summed E-state index contributed by atoms with van der Waals surface area (Å²) >= 11 is 3.05. The van der Waals surface area contributed by atoms with Crippen molar-refractivity contribution in [1.29, 1.82) is 0 Å². The van der Waals surface area contributed by atoms with E-state index >= 15 is 0 Å². The molecule has 0 saturated carbocycles. The molecule has 0 fully saturated rings. The smallest absolute Gasteiger partial charge is 0.323 e. The van der Waals surface area contributed by atoms with Crippen molar-refractivity contribution in [3.63, 3.8) is 0 Å². The maximum atomic E-state index is 12.8. The average molecular weight is 334 g/mol. The van der Waals surface area contributed by atoms with Crippen molar-refractivity contribution in [1.82, 2.24) is 9.55 Å². The zero-order valence-corrected chi connectivity index (χ0v) is 13.8. The zero-order chi connectivity index (χ0) is 15.9. The van der Waals surface area contributed by atoms with Gasteiger partial charge in [0.25, 0.3) is 5.56 Å². The predicted octanol–water partition coefficient (Wildman–Crippen LogP) is 3.14. The molecule has 0 aliphatic heterocycles. The van der Waals surface area contributed by atoms with Crippen LogP contribution in [0.4, 0.5) is 0 Å². The second-order valence-electron chi connectivity index (χ2n) is 4.86. The number of aliphatic carboxylic acids is 1. The number of carboxylic acids is 1.